The summed E-state index contributed by atoms with van der Waals surface area (Å²) in [6.45, 7) is 6.56. The number of hydrogen-bond donors (Lipinski definition) is 1. The third-order valence-electron chi connectivity index (χ3n) is 5.94. The SMILES string of the molecule is CC(=O)N1CCN(C(=O)CCC(=O)Nc2ccc3c(c2)CCC3)[C@H](C)[C@H]1C. The van der Waals surface area contributed by atoms with E-state index in [1.807, 2.05) is 26.0 Å². The van der Waals surface area contributed by atoms with Crippen molar-refractivity contribution in [1.82, 2.24) is 9.80 Å². The zero-order chi connectivity index (χ0) is 19.6. The van der Waals surface area contributed by atoms with Crippen molar-refractivity contribution in [3.63, 3.8) is 0 Å². The van der Waals surface area contributed by atoms with E-state index in [9.17, 15) is 14.4 Å². The van der Waals surface area contributed by atoms with Crippen LogP contribution in [0.25, 0.3) is 0 Å². The fourth-order valence-corrected chi connectivity index (χ4v) is 4.18. The Balaban J connectivity index is 1.50. The molecule has 2 aliphatic rings. The zero-order valence-electron chi connectivity index (χ0n) is 16.5. The van der Waals surface area contributed by atoms with Crippen molar-refractivity contribution in [1.29, 1.82) is 0 Å². The number of anilines is 1. The maximum absolute atomic E-state index is 12.6. The summed E-state index contributed by atoms with van der Waals surface area (Å²) < 4.78 is 0. The van der Waals surface area contributed by atoms with E-state index in [2.05, 4.69) is 11.4 Å². The topological polar surface area (TPSA) is 69.7 Å². The molecule has 1 N–H and O–H groups in total. The van der Waals surface area contributed by atoms with Gasteiger partial charge in [0.25, 0.3) is 0 Å². The molecule has 3 rings (SSSR count). The van der Waals surface area contributed by atoms with Gasteiger partial charge in [0.1, 0.15) is 0 Å². The number of nitrogens with zero attached hydrogens (tertiary/aromatic N) is 2. The third-order valence-corrected chi connectivity index (χ3v) is 5.94. The number of nitrogens with one attached hydrogen (secondary N) is 1. The van der Waals surface area contributed by atoms with Gasteiger partial charge in [0, 0.05) is 50.6 Å². The van der Waals surface area contributed by atoms with Gasteiger partial charge in [0.05, 0.1) is 0 Å². The standard InChI is InChI=1S/C21H29N3O3/c1-14-15(2)24(12-11-23(14)16(3)25)21(27)10-9-20(26)22-19-8-7-17-5-4-6-18(17)13-19/h7-8,13-15H,4-6,9-12H2,1-3H3,(H,22,26)/t14-,15-/m1/s1. The fraction of sp³-hybridized carbons (Fsp3) is 0.571. The summed E-state index contributed by atoms with van der Waals surface area (Å²) >= 11 is 0. The zero-order valence-corrected chi connectivity index (χ0v) is 16.5. The number of piperazine rings is 1. The lowest BCUT2D eigenvalue weighted by Gasteiger charge is -2.44. The Bertz CT molecular complexity index is 746. The first-order valence-corrected chi connectivity index (χ1v) is 9.85. The Kier molecular flexibility index (Phi) is 5.82. The lowest BCUT2D eigenvalue weighted by molar-refractivity contribution is -0.145. The van der Waals surface area contributed by atoms with Crippen molar-refractivity contribution in [2.75, 3.05) is 18.4 Å². The van der Waals surface area contributed by atoms with Crippen molar-refractivity contribution in [2.24, 2.45) is 0 Å². The number of fused-ring (bicyclic) bond motifs is 1. The van der Waals surface area contributed by atoms with Crippen LogP contribution in [0.3, 0.4) is 0 Å². The summed E-state index contributed by atoms with van der Waals surface area (Å²) in [5.74, 6) is -0.124. The lowest BCUT2D eigenvalue weighted by Crippen LogP contribution is -2.59. The molecule has 1 fully saturated rings. The largest absolute Gasteiger partial charge is 0.336 e. The number of carbonyl (C=O) groups excluding carboxylic acids is 3. The minimum absolute atomic E-state index is 0.0135. The molecule has 6 nitrogen and oxygen atoms in total. The van der Waals surface area contributed by atoms with Gasteiger partial charge in [-0.2, -0.15) is 0 Å². The fourth-order valence-electron chi connectivity index (χ4n) is 4.18. The van der Waals surface area contributed by atoms with E-state index >= 15 is 0 Å². The molecule has 0 unspecified atom stereocenters. The van der Waals surface area contributed by atoms with Crippen LogP contribution in [-0.2, 0) is 27.2 Å². The molecule has 146 valence electrons. The molecule has 0 bridgehead atoms. The molecule has 0 saturated carbocycles. The summed E-state index contributed by atoms with van der Waals surface area (Å²) in [6.07, 6.45) is 3.72. The molecule has 0 radical (unpaired) electrons. The minimum atomic E-state index is -0.135. The average molecular weight is 371 g/mol. The van der Waals surface area contributed by atoms with Gasteiger partial charge in [-0.1, -0.05) is 6.07 Å². The van der Waals surface area contributed by atoms with Gasteiger partial charge in [0.15, 0.2) is 0 Å². The molecule has 2 atom stereocenters. The molecule has 0 aromatic heterocycles. The Hall–Kier alpha value is -2.37. The van der Waals surface area contributed by atoms with Crippen LogP contribution in [0.15, 0.2) is 18.2 Å². The summed E-state index contributed by atoms with van der Waals surface area (Å²) in [5.41, 5.74) is 3.50. The van der Waals surface area contributed by atoms with Gasteiger partial charge in [0.2, 0.25) is 17.7 Å². The van der Waals surface area contributed by atoms with Gasteiger partial charge in [-0.15, -0.1) is 0 Å². The van der Waals surface area contributed by atoms with Crippen LogP contribution in [0, 0.1) is 0 Å². The Morgan fingerprint density at radius 1 is 1.00 bits per heavy atom. The molecule has 1 aromatic carbocycles. The predicted molar refractivity (Wildman–Crippen MR) is 104 cm³/mol. The van der Waals surface area contributed by atoms with Gasteiger partial charge in [-0.25, -0.2) is 0 Å². The molecule has 0 spiro atoms. The summed E-state index contributed by atoms with van der Waals surface area (Å²) in [6, 6.07) is 6.01. The number of aryl methyl sites for hydroxylation is 2. The van der Waals surface area contributed by atoms with Crippen molar-refractivity contribution in [3.05, 3.63) is 29.3 Å². The Labute approximate surface area is 160 Å². The highest BCUT2D eigenvalue weighted by Gasteiger charge is 2.34. The first-order valence-electron chi connectivity index (χ1n) is 9.85. The molecular formula is C21H29N3O3. The highest BCUT2D eigenvalue weighted by molar-refractivity contribution is 5.93. The number of amides is 3. The second-order valence-electron chi connectivity index (χ2n) is 7.67. The van der Waals surface area contributed by atoms with Crippen LogP contribution >= 0.6 is 0 Å². The molecule has 1 saturated heterocycles. The smallest absolute Gasteiger partial charge is 0.224 e. The van der Waals surface area contributed by atoms with Crippen LogP contribution in [-0.4, -0.2) is 52.7 Å². The maximum atomic E-state index is 12.6. The Morgan fingerprint density at radius 2 is 1.67 bits per heavy atom. The molecule has 6 heteroatoms. The van der Waals surface area contributed by atoms with Crippen LogP contribution < -0.4 is 5.32 Å². The van der Waals surface area contributed by atoms with Crippen LogP contribution in [0.5, 0.6) is 0 Å². The molecule has 1 aliphatic heterocycles. The van der Waals surface area contributed by atoms with Gasteiger partial charge in [-0.05, 0) is 56.4 Å². The van der Waals surface area contributed by atoms with Crippen LogP contribution in [0.4, 0.5) is 5.69 Å². The number of benzene rings is 1. The quantitative estimate of drug-likeness (QED) is 0.883. The summed E-state index contributed by atoms with van der Waals surface area (Å²) in [5, 5.41) is 2.91. The summed E-state index contributed by atoms with van der Waals surface area (Å²) in [4.78, 5) is 40.1. The molecular weight excluding hydrogens is 342 g/mol. The second-order valence-corrected chi connectivity index (χ2v) is 7.67. The van der Waals surface area contributed by atoms with Crippen molar-refractivity contribution >= 4 is 23.4 Å². The van der Waals surface area contributed by atoms with Crippen LogP contribution in [0.1, 0.15) is 51.2 Å². The number of rotatable bonds is 4. The van der Waals surface area contributed by atoms with Crippen molar-refractivity contribution in [2.45, 2.75) is 65.0 Å². The Morgan fingerprint density at radius 3 is 2.41 bits per heavy atom. The van der Waals surface area contributed by atoms with E-state index in [4.69, 9.17) is 0 Å². The third kappa shape index (κ3) is 4.31. The number of hydrogen-bond acceptors (Lipinski definition) is 3. The van der Waals surface area contributed by atoms with Gasteiger partial charge >= 0.3 is 0 Å². The van der Waals surface area contributed by atoms with Crippen LogP contribution in [0.2, 0.25) is 0 Å². The molecule has 1 heterocycles. The number of carbonyl (C=O) groups is 3. The van der Waals surface area contributed by atoms with E-state index in [0.29, 0.717) is 13.1 Å². The van der Waals surface area contributed by atoms with E-state index < -0.39 is 0 Å². The maximum Gasteiger partial charge on any atom is 0.224 e. The lowest BCUT2D eigenvalue weighted by atomic mass is 10.0. The average Bonchev–Trinajstić information content (AvgIpc) is 3.09. The second kappa shape index (κ2) is 8.11. The highest BCUT2D eigenvalue weighted by Crippen LogP contribution is 2.25. The van der Waals surface area contributed by atoms with Gasteiger partial charge < -0.3 is 15.1 Å². The minimum Gasteiger partial charge on any atom is -0.336 e. The highest BCUT2D eigenvalue weighted by atomic mass is 16.2. The van der Waals surface area contributed by atoms with E-state index in [-0.39, 0.29) is 42.6 Å². The predicted octanol–water partition coefficient (Wildman–Crippen LogP) is 2.36. The first kappa shape index (κ1) is 19.4. The first-order chi connectivity index (χ1) is 12.9. The van der Waals surface area contributed by atoms with E-state index in [1.54, 1.807) is 16.7 Å². The summed E-state index contributed by atoms with van der Waals surface area (Å²) in [7, 11) is 0. The van der Waals surface area contributed by atoms with E-state index in [1.165, 1.54) is 17.5 Å². The van der Waals surface area contributed by atoms with Crippen molar-refractivity contribution in [3.8, 4) is 0 Å². The molecule has 3 amide bonds. The van der Waals surface area contributed by atoms with Crippen molar-refractivity contribution < 1.29 is 14.4 Å². The molecule has 27 heavy (non-hydrogen) atoms. The van der Waals surface area contributed by atoms with E-state index in [0.717, 1.165) is 18.5 Å². The normalized spacial score (nSPS) is 21.7. The molecule has 1 aliphatic carbocycles. The molecule has 1 aromatic rings. The van der Waals surface area contributed by atoms with Gasteiger partial charge in [-0.3, -0.25) is 14.4 Å². The monoisotopic (exact) mass is 371 g/mol.